The molecule has 1 unspecified atom stereocenters. The molecule has 2 aliphatic rings. The molecule has 1 heterocycles. The van der Waals surface area contributed by atoms with Crippen molar-refractivity contribution in [2.45, 2.75) is 63.5 Å². The molecule has 3 amide bonds. The van der Waals surface area contributed by atoms with Crippen molar-refractivity contribution in [3.63, 3.8) is 0 Å². The quantitative estimate of drug-likeness (QED) is 0.782. The van der Waals surface area contributed by atoms with Crippen molar-refractivity contribution in [1.29, 1.82) is 5.26 Å². The third kappa shape index (κ3) is 5.03. The number of carbonyl (C=O) groups is 2. The number of hydrogen-bond donors (Lipinski definition) is 2. The van der Waals surface area contributed by atoms with Gasteiger partial charge in [0, 0.05) is 15.9 Å². The van der Waals surface area contributed by atoms with Crippen LogP contribution < -0.4 is 10.6 Å². The zero-order valence-electron chi connectivity index (χ0n) is 16.8. The highest BCUT2D eigenvalue weighted by atomic mass is 16.2. The van der Waals surface area contributed by atoms with Crippen molar-refractivity contribution in [3.05, 3.63) is 35.9 Å². The molecule has 0 radical (unpaired) electrons. The number of rotatable bonds is 6. The minimum Gasteiger partial charge on any atom is -0.336 e. The topological polar surface area (TPSA) is 85.2 Å². The van der Waals surface area contributed by atoms with E-state index in [4.69, 9.17) is 0 Å². The normalized spacial score (nSPS) is 19.6. The Labute approximate surface area is 170 Å². The SMILES string of the molecule is CC(C)CC(NC(=O)N1CCC(c2ccccc2)CC1)C(=O)NC1(C#N)CC1.[HH].[HH]. The molecule has 6 heteroatoms. The smallest absolute Gasteiger partial charge is 0.318 e. The lowest BCUT2D eigenvalue weighted by Crippen LogP contribution is -2.54. The fourth-order valence-corrected chi connectivity index (χ4v) is 3.80. The Hall–Kier alpha value is -2.55. The van der Waals surface area contributed by atoms with Gasteiger partial charge in [-0.15, -0.1) is 0 Å². The van der Waals surface area contributed by atoms with E-state index in [0.717, 1.165) is 12.8 Å². The summed E-state index contributed by atoms with van der Waals surface area (Å²) in [5.41, 5.74) is 0.608. The zero-order valence-corrected chi connectivity index (χ0v) is 16.8. The van der Waals surface area contributed by atoms with E-state index in [1.807, 2.05) is 19.9 Å². The molecule has 1 aliphatic carbocycles. The molecule has 1 aliphatic heterocycles. The van der Waals surface area contributed by atoms with Crippen LogP contribution in [0.3, 0.4) is 0 Å². The maximum Gasteiger partial charge on any atom is 0.318 e. The van der Waals surface area contributed by atoms with Crippen LogP contribution in [0.15, 0.2) is 30.3 Å². The Morgan fingerprint density at radius 3 is 2.43 bits per heavy atom. The van der Waals surface area contributed by atoms with Crippen LogP contribution in [0.25, 0.3) is 0 Å². The van der Waals surface area contributed by atoms with Gasteiger partial charge in [-0.2, -0.15) is 5.26 Å². The predicted octanol–water partition coefficient (Wildman–Crippen LogP) is 3.65. The van der Waals surface area contributed by atoms with Crippen LogP contribution in [0.4, 0.5) is 4.79 Å². The average molecular weight is 387 g/mol. The lowest BCUT2D eigenvalue weighted by Gasteiger charge is -2.33. The van der Waals surface area contributed by atoms with Gasteiger partial charge in [-0.25, -0.2) is 4.79 Å². The number of nitrogens with one attached hydrogen (secondary N) is 2. The van der Waals surface area contributed by atoms with E-state index in [1.165, 1.54) is 5.56 Å². The van der Waals surface area contributed by atoms with Gasteiger partial charge in [0.2, 0.25) is 5.91 Å². The van der Waals surface area contributed by atoms with E-state index in [0.29, 0.717) is 38.3 Å². The van der Waals surface area contributed by atoms with Gasteiger partial charge in [-0.1, -0.05) is 44.2 Å². The summed E-state index contributed by atoms with van der Waals surface area (Å²) in [6, 6.07) is 11.8. The second-order valence-corrected chi connectivity index (χ2v) is 8.49. The predicted molar refractivity (Wildman–Crippen MR) is 112 cm³/mol. The Balaban J connectivity index is 0.00000225. The second-order valence-electron chi connectivity index (χ2n) is 8.49. The van der Waals surface area contributed by atoms with E-state index in [9.17, 15) is 14.9 Å². The molecule has 2 N–H and O–H groups in total. The van der Waals surface area contributed by atoms with Gasteiger partial charge < -0.3 is 15.5 Å². The molecular weight excluding hydrogens is 352 g/mol. The lowest BCUT2D eigenvalue weighted by molar-refractivity contribution is -0.124. The van der Waals surface area contributed by atoms with Crippen LogP contribution in [0.5, 0.6) is 0 Å². The summed E-state index contributed by atoms with van der Waals surface area (Å²) in [6.45, 7) is 5.41. The van der Waals surface area contributed by atoms with Gasteiger partial charge in [0.1, 0.15) is 11.6 Å². The Kier molecular flexibility index (Phi) is 6.23. The largest absolute Gasteiger partial charge is 0.336 e. The first-order valence-electron chi connectivity index (χ1n) is 10.3. The maximum absolute atomic E-state index is 12.8. The van der Waals surface area contributed by atoms with Crippen LogP contribution in [-0.2, 0) is 4.79 Å². The summed E-state index contributed by atoms with van der Waals surface area (Å²) in [7, 11) is 0. The number of hydrogen-bond acceptors (Lipinski definition) is 3. The fraction of sp³-hybridized carbons (Fsp3) is 0.591. The summed E-state index contributed by atoms with van der Waals surface area (Å²) in [5.74, 6) is 0.489. The summed E-state index contributed by atoms with van der Waals surface area (Å²) in [6.07, 6.45) is 3.78. The van der Waals surface area contributed by atoms with Crippen LogP contribution in [0, 0.1) is 17.2 Å². The summed E-state index contributed by atoms with van der Waals surface area (Å²) in [4.78, 5) is 27.2. The van der Waals surface area contributed by atoms with Crippen molar-refractivity contribution in [2.24, 2.45) is 5.92 Å². The van der Waals surface area contributed by atoms with Gasteiger partial charge in [-0.3, -0.25) is 4.79 Å². The summed E-state index contributed by atoms with van der Waals surface area (Å²) < 4.78 is 0. The molecule has 1 aromatic carbocycles. The van der Waals surface area contributed by atoms with Crippen LogP contribution in [0.2, 0.25) is 0 Å². The van der Waals surface area contributed by atoms with E-state index in [-0.39, 0.29) is 20.7 Å². The molecule has 3 rings (SSSR count). The molecule has 2 fully saturated rings. The third-order valence-electron chi connectivity index (χ3n) is 5.70. The summed E-state index contributed by atoms with van der Waals surface area (Å²) >= 11 is 0. The Bertz CT molecular complexity index is 739. The van der Waals surface area contributed by atoms with Crippen molar-refractivity contribution < 1.29 is 12.4 Å². The van der Waals surface area contributed by atoms with Crippen LogP contribution >= 0.6 is 0 Å². The van der Waals surface area contributed by atoms with E-state index >= 15 is 0 Å². The van der Waals surface area contributed by atoms with Crippen LogP contribution in [-0.4, -0.2) is 41.5 Å². The molecular formula is C22H34N4O2. The van der Waals surface area contributed by atoms with Crippen LogP contribution in [0.1, 0.15) is 60.3 Å². The van der Waals surface area contributed by atoms with Crippen molar-refractivity contribution >= 4 is 11.9 Å². The third-order valence-corrected chi connectivity index (χ3v) is 5.70. The van der Waals surface area contributed by atoms with Crippen molar-refractivity contribution in [2.75, 3.05) is 13.1 Å². The van der Waals surface area contributed by atoms with Crippen molar-refractivity contribution in [3.8, 4) is 6.07 Å². The van der Waals surface area contributed by atoms with Gasteiger partial charge in [-0.05, 0) is 49.5 Å². The number of nitrogens with zero attached hydrogens (tertiary/aromatic N) is 2. The molecule has 0 spiro atoms. The van der Waals surface area contributed by atoms with E-state index in [1.54, 1.807) is 4.90 Å². The number of amides is 3. The zero-order chi connectivity index (χ0) is 20.1. The number of carbonyl (C=O) groups excluding carboxylic acids is 2. The molecule has 1 atom stereocenters. The monoisotopic (exact) mass is 386 g/mol. The second kappa shape index (κ2) is 8.64. The maximum atomic E-state index is 12.8. The fourth-order valence-electron chi connectivity index (χ4n) is 3.80. The molecule has 1 aromatic rings. The van der Waals surface area contributed by atoms with E-state index < -0.39 is 11.6 Å². The highest BCUT2D eigenvalue weighted by molar-refractivity contribution is 5.88. The Morgan fingerprint density at radius 1 is 1.25 bits per heavy atom. The highest BCUT2D eigenvalue weighted by Crippen LogP contribution is 2.34. The number of urea groups is 1. The first-order chi connectivity index (χ1) is 13.4. The molecule has 0 bridgehead atoms. The van der Waals surface area contributed by atoms with Gasteiger partial charge >= 0.3 is 6.03 Å². The van der Waals surface area contributed by atoms with Gasteiger partial charge in [0.15, 0.2) is 0 Å². The van der Waals surface area contributed by atoms with E-state index in [2.05, 4.69) is 41.0 Å². The summed E-state index contributed by atoms with van der Waals surface area (Å²) in [5, 5.41) is 15.0. The average Bonchev–Trinajstić information content (AvgIpc) is 3.48. The number of likely N-dealkylation sites (tertiary alicyclic amines) is 1. The number of piperidine rings is 1. The molecule has 0 aromatic heterocycles. The molecule has 1 saturated heterocycles. The molecule has 154 valence electrons. The minimum absolute atomic E-state index is 0. The van der Waals surface area contributed by atoms with Gasteiger partial charge in [0.25, 0.3) is 0 Å². The number of nitriles is 1. The molecule has 1 saturated carbocycles. The van der Waals surface area contributed by atoms with Crippen molar-refractivity contribution in [1.82, 2.24) is 15.5 Å². The Morgan fingerprint density at radius 2 is 1.89 bits per heavy atom. The molecule has 6 nitrogen and oxygen atoms in total. The minimum atomic E-state index is -0.717. The van der Waals surface area contributed by atoms with Gasteiger partial charge in [0.05, 0.1) is 6.07 Å². The standard InChI is InChI=1S/C22H30N4O2.2H2/c1-16(2)14-19(20(27)25-22(15-23)10-11-22)24-21(28)26-12-8-18(9-13-26)17-6-4-3-5-7-17;;/h3-7,16,18-19H,8-14H2,1-2H3,(H,24,28)(H,25,27);2*1H. The highest BCUT2D eigenvalue weighted by Gasteiger charge is 2.45. The number of benzene rings is 1. The first kappa shape index (κ1) is 20.2. The first-order valence-corrected chi connectivity index (χ1v) is 10.3. The molecule has 28 heavy (non-hydrogen) atoms. The lowest BCUT2D eigenvalue weighted by atomic mass is 9.89.